The van der Waals surface area contributed by atoms with Crippen molar-refractivity contribution in [2.45, 2.75) is 39.5 Å². The molecule has 8 nitrogen and oxygen atoms in total. The molecule has 0 saturated carbocycles. The third-order valence-electron chi connectivity index (χ3n) is 4.03. The van der Waals surface area contributed by atoms with Gasteiger partial charge < -0.3 is 24.7 Å². The Labute approximate surface area is 194 Å². The Bertz CT molecular complexity index is 951. The van der Waals surface area contributed by atoms with Crippen molar-refractivity contribution in [3.8, 4) is 0 Å². The highest BCUT2D eigenvalue weighted by Crippen LogP contribution is 2.23. The summed E-state index contributed by atoms with van der Waals surface area (Å²) in [6.07, 6.45) is -0.591. The number of carbonyl (C=O) groups is 3. The zero-order valence-electron chi connectivity index (χ0n) is 17.8. The van der Waals surface area contributed by atoms with Gasteiger partial charge in [-0.15, -0.1) is 0 Å². The number of amides is 2. The molecule has 0 aliphatic carbocycles. The van der Waals surface area contributed by atoms with Gasteiger partial charge in [0.1, 0.15) is 17.0 Å². The maximum Gasteiger partial charge on any atom is 0.407 e. The van der Waals surface area contributed by atoms with Gasteiger partial charge in [0.05, 0.1) is 7.11 Å². The highest BCUT2D eigenvalue weighted by atomic mass is 79.9. The molecule has 0 atom stereocenters. The van der Waals surface area contributed by atoms with Gasteiger partial charge in [-0.3, -0.25) is 4.79 Å². The predicted molar refractivity (Wildman–Crippen MR) is 120 cm³/mol. The van der Waals surface area contributed by atoms with E-state index in [4.69, 9.17) is 21.1 Å². The number of hydrogen-bond acceptors (Lipinski definition) is 5. The molecule has 0 spiro atoms. The van der Waals surface area contributed by atoms with E-state index in [1.807, 2.05) is 0 Å². The fourth-order valence-electron chi connectivity index (χ4n) is 2.70. The van der Waals surface area contributed by atoms with Crippen LogP contribution >= 0.6 is 27.5 Å². The molecular formula is C21H25BrClN3O5. The molecule has 2 amide bonds. The quantitative estimate of drug-likeness (QED) is 0.541. The number of halogens is 2. The minimum absolute atomic E-state index is 0.136. The van der Waals surface area contributed by atoms with Crippen LogP contribution in [0.25, 0.3) is 0 Å². The smallest absolute Gasteiger partial charge is 0.407 e. The lowest BCUT2D eigenvalue weighted by molar-refractivity contribution is 0.0526. The molecule has 0 bridgehead atoms. The summed E-state index contributed by atoms with van der Waals surface area (Å²) in [5, 5.41) is 6.04. The third kappa shape index (κ3) is 7.29. The maximum atomic E-state index is 12.9. The molecule has 0 aliphatic rings. The van der Waals surface area contributed by atoms with Gasteiger partial charge in [-0.25, -0.2) is 9.59 Å². The number of esters is 1. The highest BCUT2D eigenvalue weighted by Gasteiger charge is 2.24. The Balaban J connectivity index is 2.16. The minimum atomic E-state index is -0.634. The summed E-state index contributed by atoms with van der Waals surface area (Å²) in [7, 11) is 1.26. The Morgan fingerprint density at radius 2 is 1.77 bits per heavy atom. The van der Waals surface area contributed by atoms with Crippen molar-refractivity contribution in [2.75, 3.05) is 13.7 Å². The van der Waals surface area contributed by atoms with Crippen LogP contribution < -0.4 is 10.6 Å². The molecule has 10 heteroatoms. The molecule has 2 rings (SSSR count). The number of ether oxygens (including phenoxy) is 2. The van der Waals surface area contributed by atoms with Crippen LogP contribution in [0.1, 0.15) is 47.3 Å². The molecule has 2 N–H and O–H groups in total. The molecule has 31 heavy (non-hydrogen) atoms. The van der Waals surface area contributed by atoms with Crippen molar-refractivity contribution in [1.82, 2.24) is 15.2 Å². The van der Waals surface area contributed by atoms with E-state index >= 15 is 0 Å². The van der Waals surface area contributed by atoms with Crippen molar-refractivity contribution in [3.05, 3.63) is 56.8 Å². The first-order valence-corrected chi connectivity index (χ1v) is 10.7. The van der Waals surface area contributed by atoms with Gasteiger partial charge in [-0.2, -0.15) is 0 Å². The van der Waals surface area contributed by atoms with E-state index in [0.29, 0.717) is 9.50 Å². The Kier molecular flexibility index (Phi) is 8.52. The fourth-order valence-corrected chi connectivity index (χ4v) is 3.44. The van der Waals surface area contributed by atoms with Gasteiger partial charge in [0.2, 0.25) is 0 Å². The van der Waals surface area contributed by atoms with Gasteiger partial charge in [0.25, 0.3) is 5.91 Å². The van der Waals surface area contributed by atoms with E-state index in [0.717, 1.165) is 5.56 Å². The predicted octanol–water partition coefficient (Wildman–Crippen LogP) is 4.15. The molecule has 0 aliphatic heterocycles. The molecule has 0 saturated heterocycles. The lowest BCUT2D eigenvalue weighted by atomic mass is 10.2. The number of alkyl carbamates (subject to hydrolysis) is 1. The number of benzene rings is 1. The molecule has 168 valence electrons. The van der Waals surface area contributed by atoms with Crippen molar-refractivity contribution >= 4 is 45.5 Å². The second-order valence-corrected chi connectivity index (χ2v) is 8.90. The van der Waals surface area contributed by atoms with Gasteiger partial charge in [-0.1, -0.05) is 23.7 Å². The Hall–Kier alpha value is -2.52. The van der Waals surface area contributed by atoms with Crippen LogP contribution in [0, 0.1) is 0 Å². The van der Waals surface area contributed by atoms with Gasteiger partial charge in [-0.05, 0) is 60.5 Å². The van der Waals surface area contributed by atoms with Crippen molar-refractivity contribution in [3.63, 3.8) is 0 Å². The van der Waals surface area contributed by atoms with Crippen molar-refractivity contribution < 1.29 is 23.9 Å². The lowest BCUT2D eigenvalue weighted by Gasteiger charge is -2.20. The molecule has 0 radical (unpaired) electrons. The normalized spacial score (nSPS) is 11.0. The van der Waals surface area contributed by atoms with Crippen LogP contribution in [-0.4, -0.2) is 41.8 Å². The summed E-state index contributed by atoms with van der Waals surface area (Å²) in [6, 6.07) is 8.60. The third-order valence-corrected chi connectivity index (χ3v) is 4.89. The van der Waals surface area contributed by atoms with Crippen LogP contribution in [0.5, 0.6) is 0 Å². The number of methoxy groups -OCH3 is 1. The van der Waals surface area contributed by atoms with Gasteiger partial charge >= 0.3 is 12.1 Å². The Morgan fingerprint density at radius 1 is 1.13 bits per heavy atom. The first-order valence-electron chi connectivity index (χ1n) is 9.48. The molecule has 1 heterocycles. The molecule has 0 fully saturated rings. The molecular weight excluding hydrogens is 490 g/mol. The van der Waals surface area contributed by atoms with E-state index in [2.05, 4.69) is 26.6 Å². The molecule has 2 aromatic rings. The summed E-state index contributed by atoms with van der Waals surface area (Å²) in [5.41, 5.74) is 0.647. The fraction of sp³-hybridized carbons (Fsp3) is 0.381. The average Bonchev–Trinajstić information content (AvgIpc) is 3.01. The van der Waals surface area contributed by atoms with Crippen LogP contribution in [0.15, 0.2) is 34.8 Å². The van der Waals surface area contributed by atoms with E-state index in [1.54, 1.807) is 45.0 Å². The monoisotopic (exact) mass is 513 g/mol. The lowest BCUT2D eigenvalue weighted by Crippen LogP contribution is -2.35. The second-order valence-electron chi connectivity index (χ2n) is 7.61. The molecule has 1 aromatic heterocycles. The largest absolute Gasteiger partial charge is 0.464 e. The first-order chi connectivity index (χ1) is 14.5. The number of rotatable bonds is 7. The topological polar surface area (TPSA) is 98.7 Å². The number of hydrogen-bond donors (Lipinski definition) is 2. The summed E-state index contributed by atoms with van der Waals surface area (Å²) in [6.45, 7) is 5.84. The average molecular weight is 515 g/mol. The molecule has 0 unspecified atom stereocenters. The number of aromatic nitrogens is 1. The van der Waals surface area contributed by atoms with Gasteiger partial charge in [0.15, 0.2) is 0 Å². The van der Waals surface area contributed by atoms with Crippen molar-refractivity contribution in [2.24, 2.45) is 0 Å². The highest BCUT2D eigenvalue weighted by molar-refractivity contribution is 9.10. The standard InChI is InChI=1S/C21H25BrClN3O5/c1-21(2,3)31-20(29)24-9-10-26-16(19(28)30-4)11-15(22)17(26)18(27)25-12-13-5-7-14(23)8-6-13/h5-8,11H,9-10,12H2,1-4H3,(H,24,29)(H,25,27). The van der Waals surface area contributed by atoms with Crippen LogP contribution in [0.4, 0.5) is 4.79 Å². The van der Waals surface area contributed by atoms with Crippen molar-refractivity contribution in [1.29, 1.82) is 0 Å². The minimum Gasteiger partial charge on any atom is -0.464 e. The second kappa shape index (κ2) is 10.7. The summed E-state index contributed by atoms with van der Waals surface area (Å²) in [5.74, 6) is -0.996. The Morgan fingerprint density at radius 3 is 2.35 bits per heavy atom. The summed E-state index contributed by atoms with van der Waals surface area (Å²) < 4.78 is 11.9. The summed E-state index contributed by atoms with van der Waals surface area (Å²) >= 11 is 9.23. The van der Waals surface area contributed by atoms with E-state index < -0.39 is 23.6 Å². The van der Waals surface area contributed by atoms with Crippen LogP contribution in [0.3, 0.4) is 0 Å². The SMILES string of the molecule is COC(=O)c1cc(Br)c(C(=O)NCc2ccc(Cl)cc2)n1CCNC(=O)OC(C)(C)C. The number of nitrogens with zero attached hydrogens (tertiary/aromatic N) is 1. The van der Waals surface area contributed by atoms with Crippen LogP contribution in [0.2, 0.25) is 5.02 Å². The first kappa shape index (κ1) is 24.7. The zero-order chi connectivity index (χ0) is 23.2. The number of nitrogens with one attached hydrogen (secondary N) is 2. The van der Waals surface area contributed by atoms with E-state index in [1.165, 1.54) is 17.7 Å². The van der Waals surface area contributed by atoms with Crippen LogP contribution in [-0.2, 0) is 22.6 Å². The van der Waals surface area contributed by atoms with Gasteiger partial charge in [0, 0.05) is 29.1 Å². The van der Waals surface area contributed by atoms with E-state index in [-0.39, 0.29) is 31.0 Å². The molecule has 1 aromatic carbocycles. The van der Waals surface area contributed by atoms with E-state index in [9.17, 15) is 14.4 Å². The zero-order valence-corrected chi connectivity index (χ0v) is 20.1. The maximum absolute atomic E-state index is 12.9. The summed E-state index contributed by atoms with van der Waals surface area (Å²) in [4.78, 5) is 37.0. The number of carbonyl (C=O) groups excluding carboxylic acids is 3.